The van der Waals surface area contributed by atoms with Gasteiger partial charge in [-0.25, -0.2) is 18.4 Å². The predicted octanol–water partition coefficient (Wildman–Crippen LogP) is 8.07. The van der Waals surface area contributed by atoms with Gasteiger partial charge in [0.1, 0.15) is 28.6 Å². The minimum Gasteiger partial charge on any atom is -0.480 e. The number of likely N-dealkylation sites (tertiary alicyclic amines) is 2. The first-order chi connectivity index (χ1) is 27.6. The molecule has 0 bridgehead atoms. The molecule has 1 N–H and O–H groups in total. The number of fused-ring (bicyclic) bond motifs is 2. The molecule has 0 saturated carbocycles. The normalized spacial score (nSPS) is 16.9. The molecular weight excluding hydrogens is 785 g/mol. The lowest BCUT2D eigenvalue weighted by Crippen LogP contribution is -2.53. The topological polar surface area (TPSA) is 148 Å². The van der Waals surface area contributed by atoms with Crippen LogP contribution in [0.1, 0.15) is 35.1 Å². The molecule has 17 heteroatoms. The number of hydrogen-bond donors (Lipinski definition) is 1. The van der Waals surface area contributed by atoms with Crippen LogP contribution in [0.25, 0.3) is 56.2 Å². The number of hydrogen-bond acceptors (Lipinski definition) is 11. The number of rotatable bonds is 13. The third-order valence-corrected chi connectivity index (χ3v) is 12.4. The van der Waals surface area contributed by atoms with Crippen LogP contribution in [0.5, 0.6) is 11.5 Å². The lowest BCUT2D eigenvalue weighted by atomic mass is 9.91. The lowest BCUT2D eigenvalue weighted by molar-refractivity contribution is -0.142. The van der Waals surface area contributed by atoms with E-state index >= 15 is 0 Å². The number of oxazole rings is 2. The van der Waals surface area contributed by atoms with Crippen molar-refractivity contribution in [2.45, 2.75) is 64.3 Å². The Morgan fingerprint density at radius 1 is 0.810 bits per heavy atom. The molecule has 58 heavy (non-hydrogen) atoms. The van der Waals surface area contributed by atoms with Crippen LogP contribution in [0.15, 0.2) is 69.5 Å². The van der Waals surface area contributed by atoms with Crippen molar-refractivity contribution >= 4 is 38.0 Å². The van der Waals surface area contributed by atoms with E-state index in [1.54, 1.807) is 17.0 Å². The summed E-state index contributed by atoms with van der Waals surface area (Å²) in [5.41, 5.74) is 6.64. The molecule has 6 aromatic rings. The van der Waals surface area contributed by atoms with Crippen LogP contribution in [-0.2, 0) is 27.7 Å². The molecule has 0 amide bonds. The summed E-state index contributed by atoms with van der Waals surface area (Å²) in [7, 11) is -3.22. The van der Waals surface area contributed by atoms with Gasteiger partial charge in [0.05, 0.1) is 5.25 Å². The van der Waals surface area contributed by atoms with Gasteiger partial charge in [0, 0.05) is 66.8 Å². The lowest BCUT2D eigenvalue weighted by Gasteiger charge is -2.38. The molecule has 0 unspecified atom stereocenters. The summed E-state index contributed by atoms with van der Waals surface area (Å²) in [4.78, 5) is 24.8. The Morgan fingerprint density at radius 3 is 1.76 bits per heavy atom. The molecule has 0 aliphatic carbocycles. The molecule has 304 valence electrons. The predicted molar refractivity (Wildman–Crippen MR) is 206 cm³/mol. The fraction of sp³-hybridized carbons (Fsp3) is 0.341. The number of alkyl halides is 4. The first kappa shape index (κ1) is 39.3. The standard InChI is InChI=1S/C41H38F4N4O8S/c1-21-26(7-4-9-28(21)37-46-30-13-23(17-48-19-25(20-48)58(3,52)53)33(56-40(42)43)15-35(30)54-37)27-8-5-10-29(22(27)2)38-47-31-14-24(18-49-12-6-11-32(49)39(50)51)34(57-41(44)45)16-36(31)55-38/h4-5,7-10,13-16,25,32,40-41H,6,11-12,17-20H2,1-3H3,(H,50,51)/t32-/m0/s1. The van der Waals surface area contributed by atoms with Crippen molar-refractivity contribution in [2.75, 3.05) is 25.9 Å². The van der Waals surface area contributed by atoms with Crippen LogP contribution in [0.3, 0.4) is 0 Å². The number of nitrogens with zero attached hydrogens (tertiary/aromatic N) is 4. The Morgan fingerprint density at radius 2 is 1.29 bits per heavy atom. The third kappa shape index (κ3) is 7.73. The van der Waals surface area contributed by atoms with Crippen LogP contribution >= 0.6 is 0 Å². The van der Waals surface area contributed by atoms with Crippen LogP contribution in [0, 0.1) is 13.8 Å². The number of ether oxygens (including phenoxy) is 2. The fourth-order valence-electron chi connectivity index (χ4n) is 7.88. The summed E-state index contributed by atoms with van der Waals surface area (Å²) in [6.45, 7) is -1.05. The highest BCUT2D eigenvalue weighted by Gasteiger charge is 2.35. The second kappa shape index (κ2) is 15.3. The van der Waals surface area contributed by atoms with Crippen molar-refractivity contribution in [3.8, 4) is 45.5 Å². The molecule has 2 saturated heterocycles. The average Bonchev–Trinajstić information content (AvgIpc) is 3.87. The van der Waals surface area contributed by atoms with Gasteiger partial charge in [0.25, 0.3) is 0 Å². The fourth-order valence-corrected chi connectivity index (χ4v) is 8.84. The van der Waals surface area contributed by atoms with Crippen LogP contribution in [0.2, 0.25) is 0 Å². The van der Waals surface area contributed by atoms with Gasteiger partial charge in [-0.15, -0.1) is 0 Å². The SMILES string of the molecule is Cc1c(-c2nc3cc(CN4CC(S(C)(=O)=O)C4)c(OC(F)F)cc3o2)cccc1-c1cccc(-c2nc3cc(CN4CCC[C@H]4C(=O)O)c(OC(F)F)cc3o2)c1C. The number of aromatic nitrogens is 2. The summed E-state index contributed by atoms with van der Waals surface area (Å²) >= 11 is 0. The van der Waals surface area contributed by atoms with Gasteiger partial charge in [-0.3, -0.25) is 14.6 Å². The van der Waals surface area contributed by atoms with Crippen molar-refractivity contribution in [3.05, 3.63) is 82.9 Å². The Labute approximate surface area is 329 Å². The zero-order valence-electron chi connectivity index (χ0n) is 31.5. The van der Waals surface area contributed by atoms with Crippen molar-refractivity contribution < 1.29 is 54.2 Å². The van der Waals surface area contributed by atoms with Gasteiger partial charge in [-0.1, -0.05) is 24.3 Å². The average molecular weight is 823 g/mol. The Bertz CT molecular complexity index is 2660. The first-order valence-electron chi connectivity index (χ1n) is 18.5. The van der Waals surface area contributed by atoms with Crippen LogP contribution in [-0.4, -0.2) is 89.7 Å². The quantitative estimate of drug-likeness (QED) is 0.112. The summed E-state index contributed by atoms with van der Waals surface area (Å²) < 4.78 is 99.7. The molecular formula is C41H38F4N4O8S. The van der Waals surface area contributed by atoms with E-state index in [4.69, 9.17) is 28.3 Å². The van der Waals surface area contributed by atoms with Crippen molar-refractivity contribution in [2.24, 2.45) is 0 Å². The number of sulfone groups is 1. The van der Waals surface area contributed by atoms with E-state index in [1.165, 1.54) is 18.4 Å². The van der Waals surface area contributed by atoms with Gasteiger partial charge in [0.15, 0.2) is 21.0 Å². The van der Waals surface area contributed by atoms with Gasteiger partial charge in [-0.2, -0.15) is 17.6 Å². The number of carbonyl (C=O) groups is 1. The zero-order chi connectivity index (χ0) is 41.0. The van der Waals surface area contributed by atoms with E-state index in [2.05, 4.69) is 0 Å². The molecule has 12 nitrogen and oxygen atoms in total. The second-order valence-electron chi connectivity index (χ2n) is 14.7. The molecule has 0 spiro atoms. The van der Waals surface area contributed by atoms with Gasteiger partial charge >= 0.3 is 19.2 Å². The molecule has 4 aromatic carbocycles. The highest BCUT2D eigenvalue weighted by atomic mass is 32.2. The Balaban J connectivity index is 1.11. The summed E-state index contributed by atoms with van der Waals surface area (Å²) in [5, 5.41) is 9.15. The molecule has 2 aliphatic rings. The second-order valence-corrected chi connectivity index (χ2v) is 17.0. The van der Waals surface area contributed by atoms with E-state index in [1.807, 2.05) is 55.1 Å². The number of halogens is 4. The number of benzene rings is 4. The maximum absolute atomic E-state index is 13.5. The molecule has 8 rings (SSSR count). The van der Waals surface area contributed by atoms with Crippen molar-refractivity contribution in [1.82, 2.24) is 19.8 Å². The zero-order valence-corrected chi connectivity index (χ0v) is 32.4. The molecule has 4 heterocycles. The summed E-state index contributed by atoms with van der Waals surface area (Å²) in [5.74, 6) is -0.677. The van der Waals surface area contributed by atoms with Crippen molar-refractivity contribution in [3.63, 3.8) is 0 Å². The molecule has 2 aromatic heterocycles. The Kier molecular flexibility index (Phi) is 10.4. The van der Waals surface area contributed by atoms with Gasteiger partial charge in [0.2, 0.25) is 11.8 Å². The van der Waals surface area contributed by atoms with Crippen molar-refractivity contribution in [1.29, 1.82) is 0 Å². The van der Waals surface area contributed by atoms with Crippen LogP contribution in [0.4, 0.5) is 17.6 Å². The summed E-state index contributed by atoms with van der Waals surface area (Å²) in [6, 6.07) is 16.4. The Hall–Kier alpha value is -5.52. The monoisotopic (exact) mass is 822 g/mol. The third-order valence-electron chi connectivity index (χ3n) is 10.9. The largest absolute Gasteiger partial charge is 0.480 e. The van der Waals surface area contributed by atoms with E-state index in [0.717, 1.165) is 22.3 Å². The molecule has 0 radical (unpaired) electrons. The minimum absolute atomic E-state index is 0.0828. The number of aliphatic carboxylic acids is 1. The van der Waals surface area contributed by atoms with Gasteiger partial charge in [-0.05, 0) is 79.8 Å². The number of carboxylic acids is 1. The van der Waals surface area contributed by atoms with Crippen LogP contribution < -0.4 is 9.47 Å². The highest BCUT2D eigenvalue weighted by Crippen LogP contribution is 2.40. The smallest absolute Gasteiger partial charge is 0.387 e. The highest BCUT2D eigenvalue weighted by molar-refractivity contribution is 7.91. The number of carboxylic acid groups (broad SMARTS) is 1. The van der Waals surface area contributed by atoms with E-state index < -0.39 is 40.3 Å². The molecule has 2 fully saturated rings. The molecule has 2 aliphatic heterocycles. The minimum atomic E-state index is -3.22. The van der Waals surface area contributed by atoms with E-state index in [0.29, 0.717) is 52.7 Å². The molecule has 1 atom stereocenters. The maximum atomic E-state index is 13.5. The maximum Gasteiger partial charge on any atom is 0.387 e. The summed E-state index contributed by atoms with van der Waals surface area (Å²) in [6.07, 6.45) is 2.31. The van der Waals surface area contributed by atoms with E-state index in [9.17, 15) is 35.9 Å². The van der Waals surface area contributed by atoms with E-state index in [-0.39, 0.29) is 60.6 Å². The first-order valence-corrected chi connectivity index (χ1v) is 20.4. The van der Waals surface area contributed by atoms with Gasteiger partial charge < -0.3 is 23.4 Å².